The smallest absolute Gasteiger partial charge is 0.329 e. The highest BCUT2D eigenvalue weighted by Gasteiger charge is 2.31. The van der Waals surface area contributed by atoms with E-state index in [0.29, 0.717) is 16.5 Å². The molecule has 0 saturated heterocycles. The lowest BCUT2D eigenvalue weighted by Crippen LogP contribution is -2.08. The number of halogens is 6. The van der Waals surface area contributed by atoms with Crippen LogP contribution in [0, 0.1) is 6.92 Å². The van der Waals surface area contributed by atoms with Crippen molar-refractivity contribution < 1.29 is 17.4 Å². The number of aryl methyl sites for hydroxylation is 1. The Labute approximate surface area is 208 Å². The highest BCUT2D eigenvalue weighted by atomic mass is 35.5. The molecular formula is C21H13Cl3F3N3OS2. The van der Waals surface area contributed by atoms with Crippen molar-refractivity contribution in [2.75, 3.05) is 10.0 Å². The minimum Gasteiger partial charge on any atom is -0.329 e. The van der Waals surface area contributed by atoms with Gasteiger partial charge in [-0.3, -0.25) is 0 Å². The lowest BCUT2D eigenvalue weighted by Gasteiger charge is -2.13. The zero-order valence-electron chi connectivity index (χ0n) is 16.6. The number of rotatable bonds is 5. The van der Waals surface area contributed by atoms with Gasteiger partial charge in [0, 0.05) is 5.69 Å². The average molecular weight is 551 g/mol. The van der Waals surface area contributed by atoms with Crippen molar-refractivity contribution in [3.8, 4) is 0 Å². The summed E-state index contributed by atoms with van der Waals surface area (Å²) in [5.41, 5.74) is 1.73. The van der Waals surface area contributed by atoms with Gasteiger partial charge in [-0.15, -0.1) is 0 Å². The van der Waals surface area contributed by atoms with Gasteiger partial charge in [-0.25, -0.2) is 9.19 Å². The quantitative estimate of drug-likeness (QED) is 0.262. The Bertz CT molecular complexity index is 1370. The van der Waals surface area contributed by atoms with Crippen molar-refractivity contribution in [2.45, 2.75) is 18.0 Å². The van der Waals surface area contributed by atoms with E-state index in [2.05, 4.69) is 15.0 Å². The lowest BCUT2D eigenvalue weighted by atomic mass is 10.2. The summed E-state index contributed by atoms with van der Waals surface area (Å²) in [6.07, 6.45) is -4.55. The van der Waals surface area contributed by atoms with Crippen molar-refractivity contribution in [1.82, 2.24) is 4.98 Å². The van der Waals surface area contributed by atoms with E-state index >= 15 is 0 Å². The van der Waals surface area contributed by atoms with Gasteiger partial charge in [0.1, 0.15) is 0 Å². The number of fused-ring (bicyclic) bond motifs is 1. The summed E-state index contributed by atoms with van der Waals surface area (Å²) >= 11 is 20.1. The molecule has 1 aromatic heterocycles. The van der Waals surface area contributed by atoms with Crippen molar-refractivity contribution in [1.29, 1.82) is 0 Å². The number of nitrogens with one attached hydrogen (secondary N) is 2. The van der Waals surface area contributed by atoms with Gasteiger partial charge in [0.05, 0.1) is 41.4 Å². The van der Waals surface area contributed by atoms with Crippen LogP contribution in [0.15, 0.2) is 53.4 Å². The number of alkyl halides is 3. The highest BCUT2D eigenvalue weighted by Crippen LogP contribution is 2.39. The van der Waals surface area contributed by atoms with Gasteiger partial charge >= 0.3 is 6.18 Å². The van der Waals surface area contributed by atoms with E-state index in [-0.39, 0.29) is 20.0 Å². The number of aromatic nitrogens is 1. The van der Waals surface area contributed by atoms with Crippen LogP contribution in [-0.4, -0.2) is 9.19 Å². The van der Waals surface area contributed by atoms with Crippen molar-refractivity contribution in [2.24, 2.45) is 0 Å². The van der Waals surface area contributed by atoms with E-state index in [4.69, 9.17) is 34.8 Å². The van der Waals surface area contributed by atoms with Gasteiger partial charge in [-0.1, -0.05) is 52.2 Å². The Morgan fingerprint density at radius 3 is 2.30 bits per heavy atom. The van der Waals surface area contributed by atoms with Crippen LogP contribution in [0.2, 0.25) is 15.1 Å². The van der Waals surface area contributed by atoms with E-state index in [9.17, 15) is 17.4 Å². The summed E-state index contributed by atoms with van der Waals surface area (Å²) in [4.78, 5) is 4.50. The fourth-order valence-electron chi connectivity index (χ4n) is 2.93. The third-order valence-electron chi connectivity index (χ3n) is 4.49. The molecule has 0 aliphatic heterocycles. The molecule has 33 heavy (non-hydrogen) atoms. The molecule has 3 aromatic carbocycles. The Balaban J connectivity index is 1.55. The maximum absolute atomic E-state index is 12.8. The molecule has 0 aliphatic rings. The Kier molecular flexibility index (Phi) is 6.80. The van der Waals surface area contributed by atoms with E-state index < -0.39 is 22.7 Å². The molecule has 0 amide bonds. The topological polar surface area (TPSA) is 54.0 Å². The van der Waals surface area contributed by atoms with Crippen molar-refractivity contribution in [3.63, 3.8) is 0 Å². The maximum Gasteiger partial charge on any atom is 0.416 e. The molecule has 1 unspecified atom stereocenters. The van der Waals surface area contributed by atoms with E-state index in [1.807, 2.05) is 25.1 Å². The SMILES string of the molecule is Cc1ccc2nc(Nc3c(Cl)cc(NS(=O)c4ccc(C(F)(F)F)cc4Cl)cc3Cl)sc2c1. The standard InChI is InChI=1S/C21H13Cl3F3N3OS2/c1-10-2-4-16-17(6-10)32-20(28-16)29-19-14(23)8-12(9-15(19)24)30-33(31)18-5-3-11(7-13(18)22)21(25,26)27/h2-9,30H,1H3,(H,28,29). The van der Waals surface area contributed by atoms with E-state index in [0.717, 1.165) is 34.0 Å². The fraction of sp³-hybridized carbons (Fsp3) is 0.0952. The monoisotopic (exact) mass is 549 g/mol. The summed E-state index contributed by atoms with van der Waals surface area (Å²) in [6.45, 7) is 1.99. The van der Waals surface area contributed by atoms with Gasteiger partial charge in [0.25, 0.3) is 0 Å². The molecule has 0 bridgehead atoms. The second kappa shape index (κ2) is 9.31. The minimum absolute atomic E-state index is 0.0103. The molecule has 4 rings (SSSR count). The zero-order chi connectivity index (χ0) is 23.9. The van der Waals surface area contributed by atoms with Crippen LogP contribution in [0.5, 0.6) is 0 Å². The summed E-state index contributed by atoms with van der Waals surface area (Å²) in [7, 11) is -1.95. The molecule has 4 nitrogen and oxygen atoms in total. The molecule has 1 heterocycles. The number of thiazole rings is 1. The van der Waals surface area contributed by atoms with Crippen LogP contribution in [0.3, 0.4) is 0 Å². The average Bonchev–Trinajstić information content (AvgIpc) is 3.11. The van der Waals surface area contributed by atoms with E-state index in [1.165, 1.54) is 23.5 Å². The summed E-state index contributed by atoms with van der Waals surface area (Å²) < 4.78 is 54.8. The molecule has 0 radical (unpaired) electrons. The second-order valence-corrected chi connectivity index (χ2v) is 10.4. The molecule has 0 aliphatic carbocycles. The van der Waals surface area contributed by atoms with Gasteiger partial charge in [-0.2, -0.15) is 13.2 Å². The van der Waals surface area contributed by atoms with Crippen LogP contribution in [0.1, 0.15) is 11.1 Å². The third-order valence-corrected chi connectivity index (χ3v) is 7.62. The molecule has 0 fully saturated rings. The first-order chi connectivity index (χ1) is 15.5. The van der Waals surface area contributed by atoms with Gasteiger partial charge in [0.15, 0.2) is 16.1 Å². The Hall–Kier alpha value is -2.04. The molecule has 1 atom stereocenters. The number of anilines is 3. The summed E-state index contributed by atoms with van der Waals surface area (Å²) in [6, 6.07) is 11.5. The van der Waals surface area contributed by atoms with Crippen LogP contribution in [-0.2, 0) is 17.2 Å². The molecule has 2 N–H and O–H groups in total. The van der Waals surface area contributed by atoms with Crippen molar-refractivity contribution in [3.05, 3.63) is 74.7 Å². The molecule has 0 spiro atoms. The fourth-order valence-corrected chi connectivity index (χ4v) is 5.74. The first-order valence-corrected chi connectivity index (χ1v) is 12.3. The second-order valence-electron chi connectivity index (χ2n) is 6.94. The molecule has 4 aromatic rings. The van der Waals surface area contributed by atoms with Crippen LogP contribution in [0.25, 0.3) is 10.2 Å². The first-order valence-electron chi connectivity index (χ1n) is 9.20. The maximum atomic E-state index is 12.8. The predicted octanol–water partition coefficient (Wildman–Crippen LogP) is 8.46. The normalized spacial score (nSPS) is 12.7. The number of hydrogen-bond acceptors (Lipinski definition) is 4. The van der Waals surface area contributed by atoms with Crippen LogP contribution < -0.4 is 10.0 Å². The van der Waals surface area contributed by atoms with Crippen LogP contribution >= 0.6 is 46.1 Å². The number of benzene rings is 3. The molecule has 12 heteroatoms. The summed E-state index contributed by atoms with van der Waals surface area (Å²) in [5, 5.41) is 3.89. The van der Waals surface area contributed by atoms with Gasteiger partial charge in [-0.05, 0) is 55.0 Å². The molecule has 172 valence electrons. The third kappa shape index (κ3) is 5.38. The number of hydrogen-bond donors (Lipinski definition) is 2. The summed E-state index contributed by atoms with van der Waals surface area (Å²) in [5.74, 6) is 0. The molecule has 0 saturated carbocycles. The minimum atomic E-state index is -4.55. The van der Waals surface area contributed by atoms with E-state index in [1.54, 1.807) is 0 Å². The Morgan fingerprint density at radius 2 is 1.67 bits per heavy atom. The predicted molar refractivity (Wildman–Crippen MR) is 131 cm³/mol. The van der Waals surface area contributed by atoms with Gasteiger partial charge < -0.3 is 10.0 Å². The largest absolute Gasteiger partial charge is 0.416 e. The van der Waals surface area contributed by atoms with Crippen LogP contribution in [0.4, 0.5) is 29.7 Å². The van der Waals surface area contributed by atoms with Gasteiger partial charge in [0.2, 0.25) is 0 Å². The Morgan fingerprint density at radius 1 is 0.970 bits per heavy atom. The zero-order valence-corrected chi connectivity index (χ0v) is 20.5. The first kappa shape index (κ1) is 24.1. The van der Waals surface area contributed by atoms with Crippen molar-refractivity contribution >= 4 is 83.8 Å². The molecular weight excluding hydrogens is 538 g/mol. The lowest BCUT2D eigenvalue weighted by molar-refractivity contribution is -0.137. The number of nitrogens with zero attached hydrogens (tertiary/aromatic N) is 1. The highest BCUT2D eigenvalue weighted by molar-refractivity contribution is 7.86.